The fraction of sp³-hybridized carbons (Fsp3) is 0.643. The van der Waals surface area contributed by atoms with Crippen LogP contribution in [-0.2, 0) is 0 Å². The molecule has 0 bridgehead atoms. The monoisotopic (exact) mass is 285 g/mol. The maximum Gasteiger partial charge on any atom is 0.174 e. The van der Waals surface area contributed by atoms with Crippen LogP contribution in [0.15, 0.2) is 16.3 Å². The molecule has 1 rings (SSSR count). The lowest BCUT2D eigenvalue weighted by atomic mass is 10.2. The fourth-order valence-corrected chi connectivity index (χ4v) is 4.04. The molecule has 0 fully saturated rings. The van der Waals surface area contributed by atoms with Gasteiger partial charge in [-0.1, -0.05) is 27.7 Å². The van der Waals surface area contributed by atoms with E-state index in [-0.39, 0.29) is 5.78 Å². The molecule has 102 valence electrons. The van der Waals surface area contributed by atoms with E-state index < -0.39 is 0 Å². The Morgan fingerprint density at radius 2 is 2.00 bits per heavy atom. The van der Waals surface area contributed by atoms with Gasteiger partial charge in [0.1, 0.15) is 0 Å². The van der Waals surface area contributed by atoms with Gasteiger partial charge >= 0.3 is 0 Å². The number of Topliss-reactive ketones (excluding diaryl/α,β-unsaturated/α-hetero) is 1. The molecule has 0 amide bonds. The normalized spacial score (nSPS) is 11.4. The first-order valence-electron chi connectivity index (χ1n) is 6.58. The van der Waals surface area contributed by atoms with Crippen LogP contribution in [0.25, 0.3) is 0 Å². The predicted molar refractivity (Wildman–Crippen MR) is 82.0 cm³/mol. The minimum atomic E-state index is 0.280. The Bertz CT molecular complexity index is 370. The molecule has 0 saturated heterocycles. The highest BCUT2D eigenvalue weighted by molar-refractivity contribution is 8.01. The number of hydrogen-bond donors (Lipinski definition) is 0. The summed E-state index contributed by atoms with van der Waals surface area (Å²) in [5.41, 5.74) is 0. The zero-order valence-electron chi connectivity index (χ0n) is 11.7. The van der Waals surface area contributed by atoms with Crippen LogP contribution < -0.4 is 0 Å². The summed E-state index contributed by atoms with van der Waals surface area (Å²) in [7, 11) is 0. The third kappa shape index (κ3) is 5.12. The van der Waals surface area contributed by atoms with Gasteiger partial charge in [0, 0.05) is 18.2 Å². The Morgan fingerprint density at radius 3 is 2.56 bits per heavy atom. The molecule has 0 aliphatic rings. The topological polar surface area (TPSA) is 20.3 Å². The SMILES string of the molecule is CCN(CC)CCC(=O)c1ccc(SC(C)C)s1. The van der Waals surface area contributed by atoms with Gasteiger partial charge in [0.2, 0.25) is 0 Å². The lowest BCUT2D eigenvalue weighted by Crippen LogP contribution is -2.25. The van der Waals surface area contributed by atoms with Crippen molar-refractivity contribution in [3.05, 3.63) is 17.0 Å². The summed E-state index contributed by atoms with van der Waals surface area (Å²) < 4.78 is 1.25. The van der Waals surface area contributed by atoms with Gasteiger partial charge in [-0.3, -0.25) is 4.79 Å². The zero-order valence-corrected chi connectivity index (χ0v) is 13.4. The van der Waals surface area contributed by atoms with Gasteiger partial charge in [0.25, 0.3) is 0 Å². The minimum Gasteiger partial charge on any atom is -0.303 e. The van der Waals surface area contributed by atoms with Crippen LogP contribution in [0.5, 0.6) is 0 Å². The third-order valence-electron chi connectivity index (χ3n) is 2.76. The average Bonchev–Trinajstić information content (AvgIpc) is 2.77. The second-order valence-electron chi connectivity index (χ2n) is 4.49. The second-order valence-corrected chi connectivity index (χ2v) is 7.45. The first kappa shape index (κ1) is 15.7. The van der Waals surface area contributed by atoms with E-state index in [1.54, 1.807) is 11.3 Å². The van der Waals surface area contributed by atoms with E-state index in [2.05, 4.69) is 38.7 Å². The number of carbonyl (C=O) groups excluding carboxylic acids is 1. The van der Waals surface area contributed by atoms with Crippen LogP contribution in [0, 0.1) is 0 Å². The van der Waals surface area contributed by atoms with Crippen molar-refractivity contribution in [1.82, 2.24) is 4.90 Å². The van der Waals surface area contributed by atoms with E-state index in [0.717, 1.165) is 24.5 Å². The minimum absolute atomic E-state index is 0.280. The van der Waals surface area contributed by atoms with Crippen molar-refractivity contribution in [1.29, 1.82) is 0 Å². The standard InChI is InChI=1S/C14H23NOS2/c1-5-15(6-2)10-9-12(16)13-7-8-14(18-13)17-11(3)4/h7-8,11H,5-6,9-10H2,1-4H3. The molecule has 0 N–H and O–H groups in total. The van der Waals surface area contributed by atoms with E-state index in [4.69, 9.17) is 0 Å². The molecule has 18 heavy (non-hydrogen) atoms. The first-order chi connectivity index (χ1) is 8.56. The lowest BCUT2D eigenvalue weighted by Gasteiger charge is -2.16. The summed E-state index contributed by atoms with van der Waals surface area (Å²) in [6, 6.07) is 4.04. The third-order valence-corrected chi connectivity index (χ3v) is 5.06. The molecule has 0 radical (unpaired) electrons. The van der Waals surface area contributed by atoms with Gasteiger partial charge in [-0.2, -0.15) is 0 Å². The van der Waals surface area contributed by atoms with E-state index in [9.17, 15) is 4.79 Å². The molecule has 0 aliphatic carbocycles. The fourth-order valence-electron chi connectivity index (χ4n) is 1.69. The first-order valence-corrected chi connectivity index (χ1v) is 8.28. The van der Waals surface area contributed by atoms with Crippen molar-refractivity contribution in [3.63, 3.8) is 0 Å². The van der Waals surface area contributed by atoms with Crippen molar-refractivity contribution in [2.75, 3.05) is 19.6 Å². The van der Waals surface area contributed by atoms with E-state index in [1.807, 2.05) is 17.8 Å². The summed E-state index contributed by atoms with van der Waals surface area (Å²) >= 11 is 3.46. The van der Waals surface area contributed by atoms with Gasteiger partial charge in [-0.25, -0.2) is 0 Å². The molecule has 1 aromatic heterocycles. The maximum atomic E-state index is 12.1. The van der Waals surface area contributed by atoms with Crippen molar-refractivity contribution in [2.45, 2.75) is 43.6 Å². The number of hydrogen-bond acceptors (Lipinski definition) is 4. The summed E-state index contributed by atoms with van der Waals surface area (Å²) in [5.74, 6) is 0.280. The van der Waals surface area contributed by atoms with E-state index in [1.165, 1.54) is 4.21 Å². The van der Waals surface area contributed by atoms with Crippen LogP contribution in [0.1, 0.15) is 43.8 Å². The highest BCUT2D eigenvalue weighted by Crippen LogP contribution is 2.30. The number of ketones is 1. The van der Waals surface area contributed by atoms with Crippen LogP contribution in [0.4, 0.5) is 0 Å². The largest absolute Gasteiger partial charge is 0.303 e. The highest BCUT2D eigenvalue weighted by atomic mass is 32.2. The van der Waals surface area contributed by atoms with Crippen molar-refractivity contribution >= 4 is 28.9 Å². The van der Waals surface area contributed by atoms with Crippen LogP contribution >= 0.6 is 23.1 Å². The van der Waals surface area contributed by atoms with Gasteiger partial charge in [0.05, 0.1) is 9.09 Å². The van der Waals surface area contributed by atoms with Crippen molar-refractivity contribution < 1.29 is 4.79 Å². The average molecular weight is 285 g/mol. The molecule has 0 unspecified atom stereocenters. The van der Waals surface area contributed by atoms with Gasteiger partial charge in [-0.05, 0) is 25.2 Å². The quantitative estimate of drug-likeness (QED) is 0.528. The molecule has 0 aliphatic heterocycles. The molecule has 0 spiro atoms. The molecule has 2 nitrogen and oxygen atoms in total. The number of rotatable bonds is 8. The van der Waals surface area contributed by atoms with Gasteiger partial charge < -0.3 is 4.90 Å². The Morgan fingerprint density at radius 1 is 1.33 bits per heavy atom. The maximum absolute atomic E-state index is 12.1. The van der Waals surface area contributed by atoms with Crippen LogP contribution in [0.3, 0.4) is 0 Å². The Hall–Kier alpha value is -0.320. The molecule has 0 aromatic carbocycles. The summed E-state index contributed by atoms with van der Waals surface area (Å²) in [5, 5.41) is 0.572. The van der Waals surface area contributed by atoms with Gasteiger partial charge in [0.15, 0.2) is 5.78 Å². The van der Waals surface area contributed by atoms with Crippen molar-refractivity contribution in [2.24, 2.45) is 0 Å². The number of nitrogens with zero attached hydrogens (tertiary/aromatic N) is 1. The number of carbonyl (C=O) groups is 1. The summed E-state index contributed by atoms with van der Waals surface area (Å²) in [4.78, 5) is 15.2. The molecule has 1 aromatic rings. The molecule has 0 atom stereocenters. The summed E-state index contributed by atoms with van der Waals surface area (Å²) in [6.07, 6.45) is 0.633. The Balaban J connectivity index is 2.49. The van der Waals surface area contributed by atoms with E-state index in [0.29, 0.717) is 11.7 Å². The molecular formula is C14H23NOS2. The summed E-state index contributed by atoms with van der Waals surface area (Å²) in [6.45, 7) is 11.5. The van der Waals surface area contributed by atoms with Crippen LogP contribution in [-0.4, -0.2) is 35.6 Å². The second kappa shape index (κ2) is 7.97. The molecule has 4 heteroatoms. The predicted octanol–water partition coefficient (Wildman–Crippen LogP) is 4.16. The van der Waals surface area contributed by atoms with Crippen molar-refractivity contribution in [3.8, 4) is 0 Å². The van der Waals surface area contributed by atoms with E-state index >= 15 is 0 Å². The lowest BCUT2D eigenvalue weighted by molar-refractivity contribution is 0.0970. The van der Waals surface area contributed by atoms with Gasteiger partial charge in [-0.15, -0.1) is 23.1 Å². The highest BCUT2D eigenvalue weighted by Gasteiger charge is 2.11. The molecular weight excluding hydrogens is 262 g/mol. The number of thiophene rings is 1. The number of thioether (sulfide) groups is 1. The molecule has 1 heterocycles. The zero-order chi connectivity index (χ0) is 13.5. The Labute approximate surface area is 119 Å². The smallest absolute Gasteiger partial charge is 0.174 e. The molecule has 0 saturated carbocycles. The Kier molecular flexibility index (Phi) is 6.97. The van der Waals surface area contributed by atoms with Crippen LogP contribution in [0.2, 0.25) is 0 Å².